The fraction of sp³-hybridized carbons (Fsp3) is 1.00. The molecular weight excluding hydrogens is 184 g/mol. The zero-order valence-electron chi connectivity index (χ0n) is 11.5. The molecule has 1 unspecified atom stereocenters. The lowest BCUT2D eigenvalue weighted by Gasteiger charge is -2.23. The molecule has 1 N–H and O–H groups in total. The molecule has 0 aliphatic carbocycles. The molecule has 0 spiro atoms. The van der Waals surface area contributed by atoms with Gasteiger partial charge in [-0.05, 0) is 52.7 Å². The van der Waals surface area contributed by atoms with Crippen molar-refractivity contribution in [1.82, 2.24) is 10.2 Å². The second-order valence-corrected chi connectivity index (χ2v) is 5.14. The van der Waals surface area contributed by atoms with Crippen molar-refractivity contribution in [2.45, 2.75) is 59.5 Å². The highest BCUT2D eigenvalue weighted by atomic mass is 15.1. The van der Waals surface area contributed by atoms with Crippen LogP contribution in [0.25, 0.3) is 0 Å². The fourth-order valence-corrected chi connectivity index (χ4v) is 1.73. The van der Waals surface area contributed by atoms with E-state index in [2.05, 4.69) is 51.9 Å². The van der Waals surface area contributed by atoms with Crippen LogP contribution in [0.3, 0.4) is 0 Å². The molecule has 92 valence electrons. The number of hydrogen-bond acceptors (Lipinski definition) is 2. The summed E-state index contributed by atoms with van der Waals surface area (Å²) in [5, 5.41) is 3.64. The first-order valence-corrected chi connectivity index (χ1v) is 6.42. The monoisotopic (exact) mass is 214 g/mol. The van der Waals surface area contributed by atoms with E-state index in [0.29, 0.717) is 12.1 Å². The minimum absolute atomic E-state index is 0.664. The molecular formula is C13H30N2. The Hall–Kier alpha value is -0.0800. The average molecular weight is 214 g/mol. The molecule has 0 saturated heterocycles. The lowest BCUT2D eigenvalue weighted by molar-refractivity contribution is 0.264. The van der Waals surface area contributed by atoms with E-state index in [0.717, 1.165) is 12.5 Å². The van der Waals surface area contributed by atoms with Crippen LogP contribution in [-0.2, 0) is 0 Å². The Bertz CT molecular complexity index is 143. The quantitative estimate of drug-likeness (QED) is 0.625. The van der Waals surface area contributed by atoms with Crippen LogP contribution in [0, 0.1) is 5.92 Å². The maximum Gasteiger partial charge on any atom is 0.00874 e. The zero-order chi connectivity index (χ0) is 11.8. The fourth-order valence-electron chi connectivity index (χ4n) is 1.73. The molecule has 0 aromatic heterocycles. The van der Waals surface area contributed by atoms with Crippen LogP contribution in [0.1, 0.15) is 47.5 Å². The van der Waals surface area contributed by atoms with Gasteiger partial charge in [-0.25, -0.2) is 0 Å². The number of hydrogen-bond donors (Lipinski definition) is 1. The van der Waals surface area contributed by atoms with E-state index in [9.17, 15) is 0 Å². The van der Waals surface area contributed by atoms with Gasteiger partial charge in [-0.15, -0.1) is 0 Å². The van der Waals surface area contributed by atoms with E-state index in [4.69, 9.17) is 0 Å². The summed E-state index contributed by atoms with van der Waals surface area (Å²) >= 11 is 0. The van der Waals surface area contributed by atoms with Crippen molar-refractivity contribution in [3.05, 3.63) is 0 Å². The van der Waals surface area contributed by atoms with Gasteiger partial charge in [0, 0.05) is 12.1 Å². The Morgan fingerprint density at radius 2 is 1.73 bits per heavy atom. The normalized spacial score (nSPS) is 14.2. The molecule has 0 radical (unpaired) electrons. The van der Waals surface area contributed by atoms with Crippen molar-refractivity contribution in [2.75, 3.05) is 20.1 Å². The average Bonchev–Trinajstić information content (AvgIpc) is 2.16. The maximum atomic E-state index is 3.64. The Morgan fingerprint density at radius 1 is 1.13 bits per heavy atom. The van der Waals surface area contributed by atoms with E-state index >= 15 is 0 Å². The van der Waals surface area contributed by atoms with Gasteiger partial charge in [0.25, 0.3) is 0 Å². The Labute approximate surface area is 96.4 Å². The predicted molar refractivity (Wildman–Crippen MR) is 69.3 cm³/mol. The molecule has 2 heteroatoms. The Kier molecular flexibility index (Phi) is 8.07. The predicted octanol–water partition coefficient (Wildman–Crippen LogP) is 2.74. The standard InChI is InChI=1S/C13H30N2/c1-7-13(11(2)3)14-9-8-10-15(6)12(4)5/h11-14H,7-10H2,1-6H3. The minimum atomic E-state index is 0.664. The molecule has 0 bridgehead atoms. The third kappa shape index (κ3) is 6.91. The van der Waals surface area contributed by atoms with Gasteiger partial charge in [-0.3, -0.25) is 0 Å². The smallest absolute Gasteiger partial charge is 0.00874 e. The Balaban J connectivity index is 3.52. The van der Waals surface area contributed by atoms with Gasteiger partial charge in [0.1, 0.15) is 0 Å². The van der Waals surface area contributed by atoms with Crippen LogP contribution in [0.15, 0.2) is 0 Å². The molecule has 0 aromatic carbocycles. The second-order valence-electron chi connectivity index (χ2n) is 5.14. The highest BCUT2D eigenvalue weighted by Gasteiger charge is 2.09. The summed E-state index contributed by atoms with van der Waals surface area (Å²) < 4.78 is 0. The Morgan fingerprint density at radius 3 is 2.13 bits per heavy atom. The van der Waals surface area contributed by atoms with E-state index in [1.807, 2.05) is 0 Å². The lowest BCUT2D eigenvalue weighted by Crippen LogP contribution is -2.36. The van der Waals surface area contributed by atoms with Crippen LogP contribution in [0.5, 0.6) is 0 Å². The summed E-state index contributed by atoms with van der Waals surface area (Å²) in [5.74, 6) is 0.748. The van der Waals surface area contributed by atoms with Gasteiger partial charge in [0.2, 0.25) is 0 Å². The third-order valence-corrected chi connectivity index (χ3v) is 3.22. The number of rotatable bonds is 8. The molecule has 2 nitrogen and oxygen atoms in total. The molecule has 0 aliphatic rings. The number of nitrogens with one attached hydrogen (secondary N) is 1. The first-order chi connectivity index (χ1) is 6.99. The summed E-state index contributed by atoms with van der Waals surface area (Å²) in [4.78, 5) is 2.40. The molecule has 0 rings (SSSR count). The molecule has 0 amide bonds. The summed E-state index contributed by atoms with van der Waals surface area (Å²) in [5.41, 5.74) is 0. The summed E-state index contributed by atoms with van der Waals surface area (Å²) in [6.07, 6.45) is 2.48. The van der Waals surface area contributed by atoms with Crippen LogP contribution in [0.2, 0.25) is 0 Å². The maximum absolute atomic E-state index is 3.64. The second kappa shape index (κ2) is 8.12. The zero-order valence-corrected chi connectivity index (χ0v) is 11.5. The van der Waals surface area contributed by atoms with Crippen molar-refractivity contribution >= 4 is 0 Å². The molecule has 0 saturated carbocycles. The molecule has 0 fully saturated rings. The number of nitrogens with zero attached hydrogens (tertiary/aromatic N) is 1. The van der Waals surface area contributed by atoms with Crippen molar-refractivity contribution in [3.8, 4) is 0 Å². The largest absolute Gasteiger partial charge is 0.314 e. The molecule has 0 aromatic rings. The first kappa shape index (κ1) is 14.9. The van der Waals surface area contributed by atoms with Crippen LogP contribution < -0.4 is 5.32 Å². The van der Waals surface area contributed by atoms with Crippen LogP contribution in [0.4, 0.5) is 0 Å². The van der Waals surface area contributed by atoms with E-state index < -0.39 is 0 Å². The van der Waals surface area contributed by atoms with Gasteiger partial charge in [-0.1, -0.05) is 20.8 Å². The summed E-state index contributed by atoms with van der Waals surface area (Å²) in [6.45, 7) is 13.7. The van der Waals surface area contributed by atoms with Crippen molar-refractivity contribution < 1.29 is 0 Å². The molecule has 0 aliphatic heterocycles. The van der Waals surface area contributed by atoms with E-state index in [-0.39, 0.29) is 0 Å². The van der Waals surface area contributed by atoms with Gasteiger partial charge < -0.3 is 10.2 Å². The van der Waals surface area contributed by atoms with Gasteiger partial charge in [0.05, 0.1) is 0 Å². The third-order valence-electron chi connectivity index (χ3n) is 3.22. The summed E-state index contributed by atoms with van der Waals surface area (Å²) in [7, 11) is 2.20. The van der Waals surface area contributed by atoms with Gasteiger partial charge in [-0.2, -0.15) is 0 Å². The SMILES string of the molecule is CCC(NCCCN(C)C(C)C)C(C)C. The summed E-state index contributed by atoms with van der Waals surface area (Å²) in [6, 6.07) is 1.35. The van der Waals surface area contributed by atoms with Crippen molar-refractivity contribution in [2.24, 2.45) is 5.92 Å². The minimum Gasteiger partial charge on any atom is -0.314 e. The van der Waals surface area contributed by atoms with Gasteiger partial charge in [0.15, 0.2) is 0 Å². The van der Waals surface area contributed by atoms with Crippen LogP contribution in [-0.4, -0.2) is 37.1 Å². The molecule has 0 heterocycles. The van der Waals surface area contributed by atoms with Crippen molar-refractivity contribution in [3.63, 3.8) is 0 Å². The van der Waals surface area contributed by atoms with E-state index in [1.165, 1.54) is 19.4 Å². The van der Waals surface area contributed by atoms with E-state index in [1.54, 1.807) is 0 Å². The molecule has 15 heavy (non-hydrogen) atoms. The van der Waals surface area contributed by atoms with Crippen molar-refractivity contribution in [1.29, 1.82) is 0 Å². The highest BCUT2D eigenvalue weighted by Crippen LogP contribution is 2.05. The first-order valence-electron chi connectivity index (χ1n) is 6.42. The highest BCUT2D eigenvalue weighted by molar-refractivity contribution is 4.68. The topological polar surface area (TPSA) is 15.3 Å². The van der Waals surface area contributed by atoms with Gasteiger partial charge >= 0.3 is 0 Å². The van der Waals surface area contributed by atoms with Crippen LogP contribution >= 0.6 is 0 Å². The molecule has 1 atom stereocenters. The lowest BCUT2D eigenvalue weighted by atomic mass is 10.0.